The summed E-state index contributed by atoms with van der Waals surface area (Å²) in [5.41, 5.74) is 1.36. The number of methoxy groups -OCH3 is 1. The number of benzene rings is 2. The van der Waals surface area contributed by atoms with Crippen LogP contribution in [0.15, 0.2) is 36.4 Å². The molecule has 1 saturated heterocycles. The highest BCUT2D eigenvalue weighted by atomic mass is 19.3. The summed E-state index contributed by atoms with van der Waals surface area (Å²) in [5.74, 6) is 0.483. The number of ether oxygens (including phenoxy) is 4. The number of carbonyl (C=O) groups is 2. The van der Waals surface area contributed by atoms with Gasteiger partial charge in [-0.3, -0.25) is 9.59 Å². The van der Waals surface area contributed by atoms with E-state index < -0.39 is 12.5 Å². The smallest absolute Gasteiger partial charge is 0.387 e. The van der Waals surface area contributed by atoms with Crippen molar-refractivity contribution >= 4 is 17.5 Å². The van der Waals surface area contributed by atoms with Crippen LogP contribution < -0.4 is 29.2 Å². The second kappa shape index (κ2) is 9.93. The van der Waals surface area contributed by atoms with Crippen LogP contribution in [0.3, 0.4) is 0 Å². The Morgan fingerprint density at radius 3 is 2.70 bits per heavy atom. The molecule has 1 atom stereocenters. The third-order valence-corrected chi connectivity index (χ3v) is 5.49. The van der Waals surface area contributed by atoms with Crippen LogP contribution >= 0.6 is 0 Å². The van der Waals surface area contributed by atoms with Gasteiger partial charge in [-0.05, 0) is 36.2 Å². The van der Waals surface area contributed by atoms with Gasteiger partial charge < -0.3 is 29.2 Å². The first-order chi connectivity index (χ1) is 15.9. The van der Waals surface area contributed by atoms with E-state index in [0.717, 1.165) is 0 Å². The lowest BCUT2D eigenvalue weighted by Gasteiger charge is -2.22. The summed E-state index contributed by atoms with van der Waals surface area (Å²) in [7, 11) is 1.37. The summed E-state index contributed by atoms with van der Waals surface area (Å²) in [6.07, 6.45) is 0.511. The van der Waals surface area contributed by atoms with Crippen LogP contribution in [0.5, 0.6) is 23.0 Å². The van der Waals surface area contributed by atoms with E-state index in [1.807, 2.05) is 0 Å². The number of anilines is 1. The molecule has 0 aromatic heterocycles. The van der Waals surface area contributed by atoms with Gasteiger partial charge in [0.1, 0.15) is 13.2 Å². The van der Waals surface area contributed by atoms with Gasteiger partial charge in [-0.15, -0.1) is 0 Å². The van der Waals surface area contributed by atoms with Crippen LogP contribution in [0.25, 0.3) is 0 Å². The first-order valence-electron chi connectivity index (χ1n) is 10.5. The van der Waals surface area contributed by atoms with Gasteiger partial charge in [0.05, 0.1) is 13.0 Å². The predicted octanol–water partition coefficient (Wildman–Crippen LogP) is 2.78. The molecule has 1 N–H and O–H groups in total. The molecule has 0 saturated carbocycles. The van der Waals surface area contributed by atoms with Crippen molar-refractivity contribution in [2.75, 3.05) is 38.3 Å². The molecule has 8 nitrogen and oxygen atoms in total. The largest absolute Gasteiger partial charge is 0.493 e. The number of rotatable bonds is 8. The van der Waals surface area contributed by atoms with Crippen molar-refractivity contribution in [2.24, 2.45) is 5.92 Å². The Hall–Kier alpha value is -3.56. The maximum atomic E-state index is 12.6. The summed E-state index contributed by atoms with van der Waals surface area (Å²) in [4.78, 5) is 26.7. The molecule has 2 aliphatic rings. The molecular formula is C23H24F2N2O6. The molecule has 2 heterocycles. The number of carbonyl (C=O) groups excluding carboxylic acids is 2. The van der Waals surface area contributed by atoms with Crippen molar-refractivity contribution in [3.63, 3.8) is 0 Å². The topological polar surface area (TPSA) is 86.3 Å². The molecule has 0 spiro atoms. The summed E-state index contributed by atoms with van der Waals surface area (Å²) in [6.45, 7) is -1.49. The van der Waals surface area contributed by atoms with E-state index in [1.165, 1.54) is 19.2 Å². The van der Waals surface area contributed by atoms with Gasteiger partial charge in [0.2, 0.25) is 11.8 Å². The molecular weight excluding hydrogens is 438 g/mol. The van der Waals surface area contributed by atoms with Gasteiger partial charge in [-0.1, -0.05) is 6.07 Å². The fourth-order valence-electron chi connectivity index (χ4n) is 3.87. The summed E-state index contributed by atoms with van der Waals surface area (Å²) < 4.78 is 45.8. The highest BCUT2D eigenvalue weighted by molar-refractivity contribution is 6.00. The average molecular weight is 462 g/mol. The zero-order valence-electron chi connectivity index (χ0n) is 18.0. The molecule has 2 amide bonds. The number of alkyl halides is 2. The van der Waals surface area contributed by atoms with Crippen molar-refractivity contribution in [1.29, 1.82) is 0 Å². The third-order valence-electron chi connectivity index (χ3n) is 5.49. The van der Waals surface area contributed by atoms with Gasteiger partial charge in [0.15, 0.2) is 23.0 Å². The van der Waals surface area contributed by atoms with Crippen molar-refractivity contribution in [3.05, 3.63) is 42.0 Å². The second-order valence-corrected chi connectivity index (χ2v) is 7.64. The maximum absolute atomic E-state index is 12.6. The Labute approximate surface area is 189 Å². The predicted molar refractivity (Wildman–Crippen MR) is 114 cm³/mol. The molecule has 1 fully saturated rings. The molecule has 0 radical (unpaired) electrons. The Morgan fingerprint density at radius 1 is 1.15 bits per heavy atom. The normalized spacial score (nSPS) is 17.3. The van der Waals surface area contributed by atoms with Crippen LogP contribution in [-0.4, -0.2) is 51.8 Å². The van der Waals surface area contributed by atoms with E-state index in [4.69, 9.17) is 14.2 Å². The standard InChI is InChI=1S/C23H24F2N2O6/c1-30-17-4-2-14(10-20(17)33-23(24)25)6-7-26-22(29)15-11-21(28)27(13-15)16-3-5-18-19(12-16)32-9-8-31-18/h2-5,10,12,15,23H,6-9,11,13H2,1H3,(H,26,29). The molecule has 1 unspecified atom stereocenters. The second-order valence-electron chi connectivity index (χ2n) is 7.64. The molecule has 2 aromatic carbocycles. The third kappa shape index (κ3) is 5.27. The first-order valence-corrected chi connectivity index (χ1v) is 10.5. The summed E-state index contributed by atoms with van der Waals surface area (Å²) in [5, 5.41) is 2.82. The Bertz CT molecular complexity index is 1030. The van der Waals surface area contributed by atoms with E-state index in [-0.39, 0.29) is 42.8 Å². The molecule has 33 heavy (non-hydrogen) atoms. The minimum atomic E-state index is -2.97. The minimum absolute atomic E-state index is 0.0622. The molecule has 176 valence electrons. The molecule has 0 bridgehead atoms. The van der Waals surface area contributed by atoms with Gasteiger partial charge in [-0.2, -0.15) is 8.78 Å². The van der Waals surface area contributed by atoms with Crippen LogP contribution in [0, 0.1) is 5.92 Å². The Kier molecular flexibility index (Phi) is 6.81. The van der Waals surface area contributed by atoms with Crippen LogP contribution in [-0.2, 0) is 16.0 Å². The fourth-order valence-corrected chi connectivity index (χ4v) is 3.87. The van der Waals surface area contributed by atoms with Crippen LogP contribution in [0.1, 0.15) is 12.0 Å². The molecule has 10 heteroatoms. The molecule has 4 rings (SSSR count). The molecule has 0 aliphatic carbocycles. The van der Waals surface area contributed by atoms with Gasteiger partial charge >= 0.3 is 6.61 Å². The molecule has 2 aliphatic heterocycles. The van der Waals surface area contributed by atoms with Crippen molar-refractivity contribution < 1.29 is 37.3 Å². The number of halogens is 2. The lowest BCUT2D eigenvalue weighted by molar-refractivity contribution is -0.126. The average Bonchev–Trinajstić information content (AvgIpc) is 3.20. The van der Waals surface area contributed by atoms with E-state index in [0.29, 0.717) is 42.4 Å². The van der Waals surface area contributed by atoms with Crippen molar-refractivity contribution in [3.8, 4) is 23.0 Å². The lowest BCUT2D eigenvalue weighted by atomic mass is 10.1. The van der Waals surface area contributed by atoms with Gasteiger partial charge in [-0.25, -0.2) is 0 Å². The summed E-state index contributed by atoms with van der Waals surface area (Å²) in [6, 6.07) is 9.98. The highest BCUT2D eigenvalue weighted by Gasteiger charge is 2.35. The SMILES string of the molecule is COc1ccc(CCNC(=O)C2CC(=O)N(c3ccc4c(c3)OCCO4)C2)cc1OC(F)F. The monoisotopic (exact) mass is 462 g/mol. The number of amides is 2. The van der Waals surface area contributed by atoms with Gasteiger partial charge in [0, 0.05) is 31.3 Å². The van der Waals surface area contributed by atoms with Crippen molar-refractivity contribution in [2.45, 2.75) is 19.5 Å². The number of hydrogen-bond donors (Lipinski definition) is 1. The number of nitrogens with one attached hydrogen (secondary N) is 1. The number of hydrogen-bond acceptors (Lipinski definition) is 6. The maximum Gasteiger partial charge on any atom is 0.387 e. The number of fused-ring (bicyclic) bond motifs is 1. The van der Waals surface area contributed by atoms with E-state index in [1.54, 1.807) is 29.2 Å². The first kappa shape index (κ1) is 22.6. The van der Waals surface area contributed by atoms with E-state index >= 15 is 0 Å². The lowest BCUT2D eigenvalue weighted by Crippen LogP contribution is -2.34. The fraction of sp³-hybridized carbons (Fsp3) is 0.391. The van der Waals surface area contributed by atoms with Gasteiger partial charge in [0.25, 0.3) is 0 Å². The van der Waals surface area contributed by atoms with E-state index in [9.17, 15) is 18.4 Å². The zero-order chi connectivity index (χ0) is 23.4. The summed E-state index contributed by atoms with van der Waals surface area (Å²) >= 11 is 0. The van der Waals surface area contributed by atoms with E-state index in [2.05, 4.69) is 10.1 Å². The minimum Gasteiger partial charge on any atom is -0.493 e. The molecule has 2 aromatic rings. The quantitative estimate of drug-likeness (QED) is 0.650. The highest BCUT2D eigenvalue weighted by Crippen LogP contribution is 2.36. The Morgan fingerprint density at radius 2 is 1.94 bits per heavy atom. The zero-order valence-corrected chi connectivity index (χ0v) is 18.0. The van der Waals surface area contributed by atoms with Crippen LogP contribution in [0.2, 0.25) is 0 Å². The van der Waals surface area contributed by atoms with Crippen LogP contribution in [0.4, 0.5) is 14.5 Å². The van der Waals surface area contributed by atoms with Crippen molar-refractivity contribution in [1.82, 2.24) is 5.32 Å². The Balaban J connectivity index is 1.32. The number of nitrogens with zero attached hydrogens (tertiary/aromatic N) is 1.